The number of hydrogen-bond acceptors (Lipinski definition) is 5. The third-order valence-corrected chi connectivity index (χ3v) is 4.99. The molecule has 3 heterocycles. The molecule has 4 rings (SSSR count). The number of nitrogens with zero attached hydrogens (tertiary/aromatic N) is 2. The number of carbonyl (C=O) groups is 1. The zero-order valence-corrected chi connectivity index (χ0v) is 14.9. The van der Waals surface area contributed by atoms with Crippen molar-refractivity contribution in [1.29, 1.82) is 0 Å². The molecule has 0 saturated carbocycles. The Morgan fingerprint density at radius 3 is 2.89 bits per heavy atom. The van der Waals surface area contributed by atoms with Crippen LogP contribution in [-0.4, -0.2) is 51.9 Å². The molecule has 1 aliphatic rings. The van der Waals surface area contributed by atoms with E-state index in [0.717, 1.165) is 11.1 Å². The van der Waals surface area contributed by atoms with Gasteiger partial charge in [0.05, 0.1) is 30.8 Å². The molecule has 1 aliphatic heterocycles. The summed E-state index contributed by atoms with van der Waals surface area (Å²) in [5, 5.41) is 12.3. The van der Waals surface area contributed by atoms with Gasteiger partial charge in [-0.05, 0) is 23.8 Å². The first-order chi connectivity index (χ1) is 13.0. The van der Waals surface area contributed by atoms with Gasteiger partial charge in [0.1, 0.15) is 0 Å². The van der Waals surface area contributed by atoms with Crippen molar-refractivity contribution in [3.63, 3.8) is 0 Å². The summed E-state index contributed by atoms with van der Waals surface area (Å²) in [6.07, 6.45) is 1.67. The van der Waals surface area contributed by atoms with E-state index in [9.17, 15) is 14.7 Å². The predicted octanol–water partition coefficient (Wildman–Crippen LogP) is 0.667. The first-order valence-electron chi connectivity index (χ1n) is 8.63. The number of aromatic nitrogens is 3. The molecule has 27 heavy (non-hydrogen) atoms. The van der Waals surface area contributed by atoms with Gasteiger partial charge in [0.15, 0.2) is 5.65 Å². The van der Waals surface area contributed by atoms with Crippen molar-refractivity contribution in [3.8, 4) is 11.1 Å². The molecule has 0 unspecified atom stereocenters. The average Bonchev–Trinajstić information content (AvgIpc) is 2.95. The fourth-order valence-corrected chi connectivity index (χ4v) is 3.11. The van der Waals surface area contributed by atoms with E-state index >= 15 is 0 Å². The Labute approximate surface area is 154 Å². The number of pyridine rings is 1. The molecule has 0 radical (unpaired) electrons. The molecule has 1 fully saturated rings. The van der Waals surface area contributed by atoms with Crippen LogP contribution in [-0.2, 0) is 11.8 Å². The van der Waals surface area contributed by atoms with Crippen LogP contribution >= 0.6 is 0 Å². The number of H-pyrrole nitrogens is 1. The molecule has 1 saturated heterocycles. The zero-order chi connectivity index (χ0) is 19.0. The minimum absolute atomic E-state index is 0.0195. The number of aliphatic hydroxyl groups is 1. The van der Waals surface area contributed by atoms with E-state index in [1.54, 1.807) is 31.4 Å². The first kappa shape index (κ1) is 17.4. The lowest BCUT2D eigenvalue weighted by Gasteiger charge is -2.39. The molecule has 3 aromatic rings. The maximum absolute atomic E-state index is 12.5. The highest BCUT2D eigenvalue weighted by Crippen LogP contribution is 2.26. The summed E-state index contributed by atoms with van der Waals surface area (Å²) in [4.78, 5) is 31.2. The fraction of sp³-hybridized carbons (Fsp3) is 0.316. The van der Waals surface area contributed by atoms with E-state index in [1.807, 2.05) is 12.1 Å². The summed E-state index contributed by atoms with van der Waals surface area (Å²) < 4.78 is 6.64. The van der Waals surface area contributed by atoms with Crippen molar-refractivity contribution in [2.75, 3.05) is 26.4 Å². The molecule has 3 N–H and O–H groups in total. The van der Waals surface area contributed by atoms with Crippen molar-refractivity contribution >= 4 is 17.1 Å². The van der Waals surface area contributed by atoms with Crippen molar-refractivity contribution in [3.05, 3.63) is 52.6 Å². The highest BCUT2D eigenvalue weighted by molar-refractivity contribution is 5.95. The van der Waals surface area contributed by atoms with Gasteiger partial charge in [-0.2, -0.15) is 0 Å². The molecular formula is C19H20N4O4. The number of aryl methyl sites for hydroxylation is 1. The monoisotopic (exact) mass is 368 g/mol. The number of ether oxygens (including phenoxy) is 1. The van der Waals surface area contributed by atoms with Crippen LogP contribution in [0.15, 0.2) is 41.3 Å². The van der Waals surface area contributed by atoms with Gasteiger partial charge in [-0.1, -0.05) is 12.1 Å². The maximum Gasteiger partial charge on any atom is 0.327 e. The summed E-state index contributed by atoms with van der Waals surface area (Å²) in [6, 6.07) is 9.08. The van der Waals surface area contributed by atoms with Gasteiger partial charge >= 0.3 is 5.69 Å². The van der Waals surface area contributed by atoms with Gasteiger partial charge in [-0.3, -0.25) is 14.3 Å². The topological polar surface area (TPSA) is 109 Å². The largest absolute Gasteiger partial charge is 0.396 e. The number of aromatic amines is 1. The summed E-state index contributed by atoms with van der Waals surface area (Å²) in [7, 11) is 1.68. The predicted molar refractivity (Wildman–Crippen MR) is 99.4 cm³/mol. The zero-order valence-electron chi connectivity index (χ0n) is 14.9. The highest BCUT2D eigenvalue weighted by atomic mass is 16.5. The Balaban J connectivity index is 1.58. The molecule has 8 heteroatoms. The second-order valence-corrected chi connectivity index (χ2v) is 7.00. The number of benzene rings is 1. The van der Waals surface area contributed by atoms with Crippen molar-refractivity contribution in [2.24, 2.45) is 12.5 Å². The minimum atomic E-state index is -0.374. The molecule has 0 aliphatic carbocycles. The quantitative estimate of drug-likeness (QED) is 0.613. The van der Waals surface area contributed by atoms with E-state index < -0.39 is 0 Å². The van der Waals surface area contributed by atoms with E-state index in [0.29, 0.717) is 36.5 Å². The van der Waals surface area contributed by atoms with Crippen LogP contribution in [0, 0.1) is 5.41 Å². The van der Waals surface area contributed by atoms with E-state index in [2.05, 4.69) is 15.3 Å². The van der Waals surface area contributed by atoms with Crippen LogP contribution in [0.3, 0.4) is 0 Å². The van der Waals surface area contributed by atoms with Gasteiger partial charge < -0.3 is 15.2 Å². The molecule has 2 aromatic heterocycles. The van der Waals surface area contributed by atoms with Gasteiger partial charge in [0, 0.05) is 30.9 Å². The minimum Gasteiger partial charge on any atom is -0.396 e. The lowest BCUT2D eigenvalue weighted by atomic mass is 9.87. The summed E-state index contributed by atoms with van der Waals surface area (Å²) in [5.41, 5.74) is 2.78. The van der Waals surface area contributed by atoms with Crippen LogP contribution in [0.4, 0.5) is 0 Å². The first-order valence-corrected chi connectivity index (χ1v) is 8.63. The smallest absolute Gasteiger partial charge is 0.327 e. The molecular weight excluding hydrogens is 348 g/mol. The second-order valence-electron chi connectivity index (χ2n) is 7.00. The normalized spacial score (nSPS) is 15.5. The SMILES string of the molecule is Cn1c(=O)[nH]c2ncc(-c3cccc(C(=O)NCC4(CO)COC4)c3)cc21. The van der Waals surface area contributed by atoms with Gasteiger partial charge in [-0.15, -0.1) is 0 Å². The summed E-state index contributed by atoms with van der Waals surface area (Å²) in [5.74, 6) is -0.209. The molecule has 8 nitrogen and oxygen atoms in total. The Morgan fingerprint density at radius 1 is 1.37 bits per heavy atom. The molecule has 0 atom stereocenters. The Bertz CT molecular complexity index is 1060. The Kier molecular flexibility index (Phi) is 4.29. The second kappa shape index (κ2) is 6.64. The fourth-order valence-electron chi connectivity index (χ4n) is 3.11. The highest BCUT2D eigenvalue weighted by Gasteiger charge is 2.38. The average molecular weight is 368 g/mol. The van der Waals surface area contributed by atoms with E-state index in [1.165, 1.54) is 4.57 Å². The van der Waals surface area contributed by atoms with Gasteiger partial charge in [0.2, 0.25) is 0 Å². The van der Waals surface area contributed by atoms with Crippen molar-refractivity contribution in [1.82, 2.24) is 19.9 Å². The van der Waals surface area contributed by atoms with Crippen molar-refractivity contribution in [2.45, 2.75) is 0 Å². The molecule has 1 amide bonds. The van der Waals surface area contributed by atoms with E-state index in [4.69, 9.17) is 4.74 Å². The molecule has 1 aromatic carbocycles. The summed E-state index contributed by atoms with van der Waals surface area (Å²) >= 11 is 0. The standard InChI is InChI=1S/C19H20N4O4/c1-23-15-6-14(7-20-16(15)22-18(23)26)12-3-2-4-13(5-12)17(25)21-8-19(9-24)10-27-11-19/h2-7,24H,8-11H2,1H3,(H,21,25)(H,20,22,26). The van der Waals surface area contributed by atoms with Crippen LogP contribution in [0.1, 0.15) is 10.4 Å². The number of fused-ring (bicyclic) bond motifs is 1. The number of amides is 1. The maximum atomic E-state index is 12.5. The van der Waals surface area contributed by atoms with Gasteiger partial charge in [0.25, 0.3) is 5.91 Å². The summed E-state index contributed by atoms with van der Waals surface area (Å²) in [6.45, 7) is 1.25. The Hall–Kier alpha value is -2.97. The molecule has 0 spiro atoms. The van der Waals surface area contributed by atoms with Crippen LogP contribution in [0.2, 0.25) is 0 Å². The lowest BCUT2D eigenvalue weighted by molar-refractivity contribution is -0.133. The number of rotatable bonds is 5. The lowest BCUT2D eigenvalue weighted by Crippen LogP contribution is -2.53. The third-order valence-electron chi connectivity index (χ3n) is 4.99. The van der Waals surface area contributed by atoms with Crippen LogP contribution < -0.4 is 11.0 Å². The number of imidazole rings is 1. The Morgan fingerprint density at radius 2 is 2.19 bits per heavy atom. The number of hydrogen-bond donors (Lipinski definition) is 3. The number of aliphatic hydroxyl groups excluding tert-OH is 1. The van der Waals surface area contributed by atoms with Crippen molar-refractivity contribution < 1.29 is 14.6 Å². The molecule has 140 valence electrons. The number of carbonyl (C=O) groups excluding carboxylic acids is 1. The van der Waals surface area contributed by atoms with E-state index in [-0.39, 0.29) is 23.6 Å². The van der Waals surface area contributed by atoms with Crippen LogP contribution in [0.5, 0.6) is 0 Å². The third kappa shape index (κ3) is 3.13. The molecule has 0 bridgehead atoms. The van der Waals surface area contributed by atoms with Crippen LogP contribution in [0.25, 0.3) is 22.3 Å². The number of nitrogens with one attached hydrogen (secondary N) is 2. The van der Waals surface area contributed by atoms with Gasteiger partial charge in [-0.25, -0.2) is 9.78 Å².